The maximum Gasteiger partial charge on any atom is 0.161 e. The molecule has 0 spiro atoms. The first-order valence-electron chi connectivity index (χ1n) is 9.96. The van der Waals surface area contributed by atoms with E-state index in [9.17, 15) is 4.39 Å². The number of para-hydroxylation sites is 1. The predicted molar refractivity (Wildman–Crippen MR) is 122 cm³/mol. The van der Waals surface area contributed by atoms with Crippen LogP contribution in [-0.2, 0) is 6.54 Å². The fraction of sp³-hybridized carbons (Fsp3) is 0.120. The molecule has 1 aromatic heterocycles. The molecule has 0 aliphatic rings. The molecule has 5 nitrogen and oxygen atoms in total. The molecule has 0 aliphatic heterocycles. The Labute approximate surface area is 181 Å². The number of ether oxygens (including phenoxy) is 1. The third-order valence-electron chi connectivity index (χ3n) is 4.93. The Morgan fingerprint density at radius 1 is 0.871 bits per heavy atom. The van der Waals surface area contributed by atoms with E-state index in [1.165, 1.54) is 6.07 Å². The summed E-state index contributed by atoms with van der Waals surface area (Å²) in [5, 5.41) is 6.54. The summed E-state index contributed by atoms with van der Waals surface area (Å²) in [6, 6.07) is 24.0. The van der Waals surface area contributed by atoms with Crippen LogP contribution in [0.15, 0.2) is 78.9 Å². The summed E-state index contributed by atoms with van der Waals surface area (Å²) in [5.41, 5.74) is 3.87. The van der Waals surface area contributed by atoms with Gasteiger partial charge in [0.05, 0.1) is 12.8 Å². The first kappa shape index (κ1) is 20.3. The first-order valence-corrected chi connectivity index (χ1v) is 9.96. The second-order valence-electron chi connectivity index (χ2n) is 7.01. The van der Waals surface area contributed by atoms with Gasteiger partial charge in [-0.25, -0.2) is 14.4 Å². The third-order valence-corrected chi connectivity index (χ3v) is 4.93. The van der Waals surface area contributed by atoms with Crippen molar-refractivity contribution in [3.63, 3.8) is 0 Å². The van der Waals surface area contributed by atoms with Crippen LogP contribution in [0.4, 0.5) is 21.6 Å². The van der Waals surface area contributed by atoms with Crippen molar-refractivity contribution in [2.75, 3.05) is 17.7 Å². The molecule has 0 atom stereocenters. The minimum absolute atomic E-state index is 0.339. The predicted octanol–water partition coefficient (Wildman–Crippen LogP) is 5.96. The first-order chi connectivity index (χ1) is 15.1. The van der Waals surface area contributed by atoms with Crippen LogP contribution in [0.25, 0.3) is 11.4 Å². The van der Waals surface area contributed by atoms with Gasteiger partial charge in [0.2, 0.25) is 0 Å². The number of halogens is 1. The summed E-state index contributed by atoms with van der Waals surface area (Å²) >= 11 is 0. The fourth-order valence-electron chi connectivity index (χ4n) is 3.22. The van der Waals surface area contributed by atoms with Crippen LogP contribution in [0, 0.1) is 12.7 Å². The van der Waals surface area contributed by atoms with E-state index in [0.29, 0.717) is 23.9 Å². The van der Waals surface area contributed by atoms with Gasteiger partial charge < -0.3 is 15.4 Å². The molecule has 4 rings (SSSR count). The lowest BCUT2D eigenvalue weighted by atomic mass is 10.1. The van der Waals surface area contributed by atoms with Crippen LogP contribution in [0.2, 0.25) is 0 Å². The van der Waals surface area contributed by atoms with E-state index in [2.05, 4.69) is 10.6 Å². The van der Waals surface area contributed by atoms with Gasteiger partial charge in [-0.1, -0.05) is 42.5 Å². The number of benzene rings is 3. The summed E-state index contributed by atoms with van der Waals surface area (Å²) < 4.78 is 19.5. The smallest absolute Gasteiger partial charge is 0.161 e. The van der Waals surface area contributed by atoms with Gasteiger partial charge in [-0.15, -0.1) is 0 Å². The Kier molecular flexibility index (Phi) is 6.08. The molecule has 1 heterocycles. The molecule has 0 unspecified atom stereocenters. The molecule has 31 heavy (non-hydrogen) atoms. The maximum absolute atomic E-state index is 14.3. The van der Waals surface area contributed by atoms with Crippen molar-refractivity contribution < 1.29 is 9.13 Å². The van der Waals surface area contributed by atoms with Crippen molar-refractivity contribution in [2.45, 2.75) is 13.5 Å². The standard InChI is InChI=1S/C25H23FN4O/c1-17-21(16-27-19-12-14-20(31-2)15-13-19)25(29-23-11-7-6-10-22(23)26)30-24(28-17)18-8-4-3-5-9-18/h3-15,27H,16H2,1-2H3,(H,28,29,30). The molecule has 0 amide bonds. The molecule has 0 bridgehead atoms. The molecule has 0 saturated carbocycles. The van der Waals surface area contributed by atoms with Gasteiger partial charge in [0.15, 0.2) is 5.82 Å². The minimum atomic E-state index is -0.339. The monoisotopic (exact) mass is 414 g/mol. The number of nitrogens with one attached hydrogen (secondary N) is 2. The van der Waals surface area contributed by atoms with Gasteiger partial charge in [0.1, 0.15) is 17.4 Å². The average Bonchev–Trinajstić information content (AvgIpc) is 2.81. The van der Waals surface area contributed by atoms with Crippen molar-refractivity contribution >= 4 is 17.2 Å². The number of rotatable bonds is 7. The Morgan fingerprint density at radius 2 is 1.58 bits per heavy atom. The maximum atomic E-state index is 14.3. The van der Waals surface area contributed by atoms with E-state index < -0.39 is 0 Å². The number of hydrogen-bond donors (Lipinski definition) is 2. The summed E-state index contributed by atoms with van der Waals surface area (Å²) in [4.78, 5) is 9.43. The lowest BCUT2D eigenvalue weighted by Crippen LogP contribution is -2.10. The lowest BCUT2D eigenvalue weighted by molar-refractivity contribution is 0.415. The Balaban J connectivity index is 1.69. The number of anilines is 3. The molecule has 0 saturated heterocycles. The SMILES string of the molecule is COc1ccc(NCc2c(C)nc(-c3ccccc3)nc2Nc2ccccc2F)cc1. The van der Waals surface area contributed by atoms with Crippen LogP contribution < -0.4 is 15.4 Å². The summed E-state index contributed by atoms with van der Waals surface area (Å²) in [7, 11) is 1.64. The van der Waals surface area contributed by atoms with Crippen LogP contribution in [0.1, 0.15) is 11.3 Å². The van der Waals surface area contributed by atoms with Gasteiger partial charge in [-0.05, 0) is 43.3 Å². The van der Waals surface area contributed by atoms with E-state index in [0.717, 1.165) is 28.3 Å². The molecule has 2 N–H and O–H groups in total. The van der Waals surface area contributed by atoms with Crippen molar-refractivity contribution in [1.29, 1.82) is 0 Å². The van der Waals surface area contributed by atoms with E-state index in [-0.39, 0.29) is 5.82 Å². The van der Waals surface area contributed by atoms with Crippen molar-refractivity contribution in [3.8, 4) is 17.1 Å². The molecular weight excluding hydrogens is 391 g/mol. The summed E-state index contributed by atoms with van der Waals surface area (Å²) in [6.07, 6.45) is 0. The topological polar surface area (TPSA) is 59.1 Å². The molecule has 0 aliphatic carbocycles. The van der Waals surface area contributed by atoms with Crippen molar-refractivity contribution in [1.82, 2.24) is 9.97 Å². The second kappa shape index (κ2) is 9.26. The van der Waals surface area contributed by atoms with E-state index in [1.807, 2.05) is 61.5 Å². The molecular formula is C25H23FN4O. The molecule has 0 fully saturated rings. The van der Waals surface area contributed by atoms with Gasteiger partial charge in [-0.3, -0.25) is 0 Å². The third kappa shape index (κ3) is 4.80. The fourth-order valence-corrected chi connectivity index (χ4v) is 3.22. The van der Waals surface area contributed by atoms with Gasteiger partial charge in [0, 0.05) is 29.1 Å². The number of aryl methyl sites for hydroxylation is 1. The number of methoxy groups -OCH3 is 1. The highest BCUT2D eigenvalue weighted by molar-refractivity contribution is 5.65. The second-order valence-corrected chi connectivity index (χ2v) is 7.01. The number of aromatic nitrogens is 2. The highest BCUT2D eigenvalue weighted by atomic mass is 19.1. The zero-order valence-corrected chi connectivity index (χ0v) is 17.4. The van der Waals surface area contributed by atoms with Crippen LogP contribution in [0.3, 0.4) is 0 Å². The zero-order chi connectivity index (χ0) is 21.6. The average molecular weight is 414 g/mol. The summed E-state index contributed by atoms with van der Waals surface area (Å²) in [5.74, 6) is 1.61. The highest BCUT2D eigenvalue weighted by Gasteiger charge is 2.15. The van der Waals surface area contributed by atoms with Crippen LogP contribution in [0.5, 0.6) is 5.75 Å². The molecule has 6 heteroatoms. The molecule has 4 aromatic rings. The van der Waals surface area contributed by atoms with Gasteiger partial charge in [0.25, 0.3) is 0 Å². The van der Waals surface area contributed by atoms with Gasteiger partial charge >= 0.3 is 0 Å². The van der Waals surface area contributed by atoms with Gasteiger partial charge in [-0.2, -0.15) is 0 Å². The summed E-state index contributed by atoms with van der Waals surface area (Å²) in [6.45, 7) is 2.41. The Hall–Kier alpha value is -3.93. The minimum Gasteiger partial charge on any atom is -0.497 e. The Morgan fingerprint density at radius 3 is 2.29 bits per heavy atom. The molecule has 156 valence electrons. The normalized spacial score (nSPS) is 10.5. The molecule has 0 radical (unpaired) electrons. The highest BCUT2D eigenvalue weighted by Crippen LogP contribution is 2.27. The van der Waals surface area contributed by atoms with E-state index in [4.69, 9.17) is 14.7 Å². The quantitative estimate of drug-likeness (QED) is 0.391. The van der Waals surface area contributed by atoms with Crippen LogP contribution in [-0.4, -0.2) is 17.1 Å². The zero-order valence-electron chi connectivity index (χ0n) is 17.4. The van der Waals surface area contributed by atoms with Crippen LogP contribution >= 0.6 is 0 Å². The largest absolute Gasteiger partial charge is 0.497 e. The van der Waals surface area contributed by atoms with Crippen molar-refractivity contribution in [2.24, 2.45) is 0 Å². The number of nitrogens with zero attached hydrogens (tertiary/aromatic N) is 2. The van der Waals surface area contributed by atoms with E-state index >= 15 is 0 Å². The molecule has 3 aromatic carbocycles. The Bertz CT molecular complexity index is 1160. The number of hydrogen-bond acceptors (Lipinski definition) is 5. The van der Waals surface area contributed by atoms with E-state index in [1.54, 1.807) is 25.3 Å². The van der Waals surface area contributed by atoms with Crippen molar-refractivity contribution in [3.05, 3.63) is 95.9 Å². The lowest BCUT2D eigenvalue weighted by Gasteiger charge is -2.17.